The number of fused-ring (bicyclic) bond motifs is 1. The minimum absolute atomic E-state index is 0.438. The molecule has 1 unspecified atom stereocenters. The van der Waals surface area contributed by atoms with Crippen molar-refractivity contribution in [2.24, 2.45) is 0 Å². The number of nitrogens with one attached hydrogen (secondary N) is 1. The summed E-state index contributed by atoms with van der Waals surface area (Å²) in [6.07, 6.45) is 1.54. The third kappa shape index (κ3) is 4.64. The normalized spacial score (nSPS) is 12.2. The predicted molar refractivity (Wildman–Crippen MR) is 131 cm³/mol. The number of furan rings is 1. The maximum atomic E-state index is 14.5. The van der Waals surface area contributed by atoms with Crippen LogP contribution in [-0.2, 0) is 4.57 Å². The molecule has 0 saturated heterocycles. The molecular weight excluding hydrogens is 433 g/mol. The van der Waals surface area contributed by atoms with E-state index in [2.05, 4.69) is 5.32 Å². The summed E-state index contributed by atoms with van der Waals surface area (Å²) < 4.78 is 32.4. The smallest absolute Gasteiger partial charge is 0.460 e. The molecule has 5 aromatic rings. The lowest BCUT2D eigenvalue weighted by Gasteiger charge is -2.28. The van der Waals surface area contributed by atoms with E-state index in [9.17, 15) is 4.57 Å². The van der Waals surface area contributed by atoms with Crippen LogP contribution in [0.5, 0.6) is 11.5 Å². The fraction of sp³-hybridized carbons (Fsp3) is 0.0370. The van der Waals surface area contributed by atoms with Crippen LogP contribution in [0, 0.1) is 0 Å². The zero-order valence-electron chi connectivity index (χ0n) is 17.7. The van der Waals surface area contributed by atoms with Crippen molar-refractivity contribution in [3.05, 3.63) is 127 Å². The highest BCUT2D eigenvalue weighted by Crippen LogP contribution is 2.60. The predicted octanol–water partition coefficient (Wildman–Crippen LogP) is 7.89. The Balaban J connectivity index is 1.61. The molecule has 0 spiro atoms. The van der Waals surface area contributed by atoms with Gasteiger partial charge in [-0.3, -0.25) is 0 Å². The molecule has 5 rings (SSSR count). The van der Waals surface area contributed by atoms with Crippen LogP contribution in [0.15, 0.2) is 126 Å². The van der Waals surface area contributed by atoms with Crippen molar-refractivity contribution in [3.8, 4) is 11.5 Å². The summed E-state index contributed by atoms with van der Waals surface area (Å²) in [6.45, 7) is 0. The quantitative estimate of drug-likeness (QED) is 0.241. The lowest BCUT2D eigenvalue weighted by Crippen LogP contribution is -2.18. The highest BCUT2D eigenvalue weighted by atomic mass is 31.2. The van der Waals surface area contributed by atoms with E-state index >= 15 is 0 Å². The molecular formula is C27H22NO4P. The summed E-state index contributed by atoms with van der Waals surface area (Å²) in [7, 11) is -3.91. The van der Waals surface area contributed by atoms with Gasteiger partial charge in [-0.05, 0) is 47.9 Å². The number of anilines is 1. The van der Waals surface area contributed by atoms with E-state index in [0.717, 1.165) is 16.5 Å². The van der Waals surface area contributed by atoms with Crippen LogP contribution >= 0.6 is 7.60 Å². The number of hydrogen-bond donors (Lipinski definition) is 1. The summed E-state index contributed by atoms with van der Waals surface area (Å²) in [5.41, 5.74) is 0.794. The molecule has 1 N–H and O–H groups in total. The molecule has 6 heteroatoms. The summed E-state index contributed by atoms with van der Waals surface area (Å²) in [6, 6.07) is 35.4. The number of benzene rings is 4. The van der Waals surface area contributed by atoms with Gasteiger partial charge in [0.25, 0.3) is 0 Å². The average Bonchev–Trinajstić information content (AvgIpc) is 3.38. The van der Waals surface area contributed by atoms with E-state index in [-0.39, 0.29) is 0 Å². The molecule has 5 nitrogen and oxygen atoms in total. The molecule has 0 aliphatic rings. The molecule has 0 fully saturated rings. The number of hydrogen-bond acceptors (Lipinski definition) is 5. The Kier molecular flexibility index (Phi) is 5.88. The largest absolute Gasteiger partial charge is 0.466 e. The third-order valence-electron chi connectivity index (χ3n) is 5.16. The third-order valence-corrected chi connectivity index (χ3v) is 7.11. The number of para-hydroxylation sites is 2. The molecule has 164 valence electrons. The lowest BCUT2D eigenvalue weighted by molar-refractivity contribution is 0.366. The maximum absolute atomic E-state index is 14.5. The van der Waals surface area contributed by atoms with Gasteiger partial charge in [0.2, 0.25) is 5.78 Å². The van der Waals surface area contributed by atoms with Crippen molar-refractivity contribution in [2.45, 2.75) is 5.78 Å². The van der Waals surface area contributed by atoms with E-state index in [4.69, 9.17) is 13.5 Å². The molecule has 0 saturated carbocycles. The Morgan fingerprint density at radius 3 is 1.91 bits per heavy atom. The Morgan fingerprint density at radius 1 is 0.667 bits per heavy atom. The van der Waals surface area contributed by atoms with Crippen LogP contribution in [0.2, 0.25) is 0 Å². The fourth-order valence-corrected chi connectivity index (χ4v) is 5.47. The Morgan fingerprint density at radius 2 is 1.27 bits per heavy atom. The summed E-state index contributed by atoms with van der Waals surface area (Å²) in [5, 5.41) is 5.45. The first-order chi connectivity index (χ1) is 16.2. The monoisotopic (exact) mass is 455 g/mol. The Hall–Kier alpha value is -3.95. The van der Waals surface area contributed by atoms with Crippen molar-refractivity contribution < 1.29 is 18.0 Å². The van der Waals surface area contributed by atoms with Gasteiger partial charge in [0.05, 0.1) is 6.26 Å². The second-order valence-corrected chi connectivity index (χ2v) is 9.40. The molecule has 0 aliphatic carbocycles. The first-order valence-corrected chi connectivity index (χ1v) is 12.2. The van der Waals surface area contributed by atoms with Gasteiger partial charge in [0.1, 0.15) is 17.3 Å². The highest BCUT2D eigenvalue weighted by Gasteiger charge is 2.43. The van der Waals surface area contributed by atoms with Crippen LogP contribution < -0.4 is 14.4 Å². The Bertz CT molecular complexity index is 1320. The van der Waals surface area contributed by atoms with Crippen molar-refractivity contribution in [2.75, 3.05) is 5.32 Å². The zero-order chi connectivity index (χ0) is 22.5. The molecule has 1 aromatic heterocycles. The molecule has 0 bridgehead atoms. The van der Waals surface area contributed by atoms with Gasteiger partial charge < -0.3 is 18.8 Å². The molecule has 0 radical (unpaired) electrons. The summed E-state index contributed by atoms with van der Waals surface area (Å²) in [4.78, 5) is 0. The van der Waals surface area contributed by atoms with Crippen LogP contribution in [0.4, 0.5) is 5.69 Å². The summed E-state index contributed by atoms with van der Waals surface area (Å²) in [5.74, 6) is 0.415. The van der Waals surface area contributed by atoms with E-state index in [1.165, 1.54) is 0 Å². The van der Waals surface area contributed by atoms with Gasteiger partial charge in [-0.25, -0.2) is 4.57 Å². The second kappa shape index (κ2) is 9.27. The first-order valence-electron chi connectivity index (χ1n) is 10.6. The standard InChI is InChI=1S/C27H22NO4P/c29-33(31-22-13-3-1-4-14-22,32-23-15-5-2-6-16-23)27(26-19-10-20-30-26)28-25-18-9-12-21-11-7-8-17-24(21)25/h1-20,27-28H. The van der Waals surface area contributed by atoms with E-state index in [1.807, 2.05) is 78.9 Å². The highest BCUT2D eigenvalue weighted by molar-refractivity contribution is 7.55. The molecule has 1 atom stereocenters. The molecule has 33 heavy (non-hydrogen) atoms. The van der Waals surface area contributed by atoms with Crippen molar-refractivity contribution in [1.82, 2.24) is 0 Å². The van der Waals surface area contributed by atoms with Crippen LogP contribution in [0.1, 0.15) is 11.5 Å². The van der Waals surface area contributed by atoms with Gasteiger partial charge >= 0.3 is 7.60 Å². The van der Waals surface area contributed by atoms with Gasteiger partial charge in [0.15, 0.2) is 0 Å². The van der Waals surface area contributed by atoms with E-state index < -0.39 is 13.4 Å². The van der Waals surface area contributed by atoms with Crippen LogP contribution in [0.3, 0.4) is 0 Å². The fourth-order valence-electron chi connectivity index (χ4n) is 3.63. The Labute approximate surface area is 192 Å². The van der Waals surface area contributed by atoms with Crippen molar-refractivity contribution in [3.63, 3.8) is 0 Å². The molecule has 0 aliphatic heterocycles. The molecule has 0 amide bonds. The number of rotatable bonds is 8. The van der Waals surface area contributed by atoms with Crippen molar-refractivity contribution in [1.29, 1.82) is 0 Å². The minimum atomic E-state index is -3.91. The molecule has 1 heterocycles. The second-order valence-electron chi connectivity index (χ2n) is 7.44. The van der Waals surface area contributed by atoms with Gasteiger partial charge in [0, 0.05) is 11.1 Å². The zero-order valence-corrected chi connectivity index (χ0v) is 18.6. The van der Waals surface area contributed by atoms with E-state index in [1.54, 1.807) is 42.7 Å². The maximum Gasteiger partial charge on any atom is 0.460 e. The van der Waals surface area contributed by atoms with Crippen molar-refractivity contribution >= 4 is 24.1 Å². The summed E-state index contributed by atoms with van der Waals surface area (Å²) >= 11 is 0. The lowest BCUT2D eigenvalue weighted by atomic mass is 10.1. The SMILES string of the molecule is O=P(Oc1ccccc1)(Oc1ccccc1)C(Nc1cccc2ccccc12)c1ccco1. The van der Waals surface area contributed by atoms with Gasteiger partial charge in [-0.15, -0.1) is 0 Å². The van der Waals surface area contributed by atoms with Gasteiger partial charge in [-0.1, -0.05) is 72.8 Å². The van der Waals surface area contributed by atoms with Gasteiger partial charge in [-0.2, -0.15) is 0 Å². The average molecular weight is 455 g/mol. The van der Waals surface area contributed by atoms with Crippen LogP contribution in [0.25, 0.3) is 10.8 Å². The van der Waals surface area contributed by atoms with Crippen LogP contribution in [-0.4, -0.2) is 0 Å². The molecule has 4 aromatic carbocycles. The minimum Gasteiger partial charge on any atom is -0.466 e. The van der Waals surface area contributed by atoms with E-state index in [0.29, 0.717) is 17.3 Å². The first kappa shape index (κ1) is 20.9. The topological polar surface area (TPSA) is 60.7 Å².